The SMILES string of the molecule is C=CCCCCCCCCC(=O)OCCCOCC=C. The van der Waals surface area contributed by atoms with Gasteiger partial charge in [0.2, 0.25) is 0 Å². The Kier molecular flexibility index (Phi) is 15.1. The molecule has 0 saturated carbocycles. The van der Waals surface area contributed by atoms with Crippen molar-refractivity contribution in [2.24, 2.45) is 0 Å². The van der Waals surface area contributed by atoms with E-state index in [1.165, 1.54) is 25.7 Å². The molecule has 0 heterocycles. The maximum Gasteiger partial charge on any atom is 0.305 e. The molecular weight excluding hydrogens is 252 g/mol. The van der Waals surface area contributed by atoms with E-state index in [4.69, 9.17) is 9.47 Å². The number of rotatable bonds is 15. The molecule has 0 bridgehead atoms. The molecule has 20 heavy (non-hydrogen) atoms. The quantitative estimate of drug-likeness (QED) is 0.253. The first kappa shape index (κ1) is 18.9. The Hall–Kier alpha value is -1.09. The number of ether oxygens (including phenoxy) is 2. The van der Waals surface area contributed by atoms with Gasteiger partial charge in [-0.1, -0.05) is 37.8 Å². The van der Waals surface area contributed by atoms with Crippen LogP contribution in [-0.2, 0) is 14.3 Å². The molecule has 0 aromatic heterocycles. The van der Waals surface area contributed by atoms with Crippen LogP contribution in [0.15, 0.2) is 25.3 Å². The Bertz CT molecular complexity index is 249. The first-order chi connectivity index (χ1) is 9.81. The highest BCUT2D eigenvalue weighted by Gasteiger charge is 2.02. The average Bonchev–Trinajstić information content (AvgIpc) is 2.45. The second-order valence-electron chi connectivity index (χ2n) is 4.89. The van der Waals surface area contributed by atoms with E-state index in [1.807, 2.05) is 6.08 Å². The zero-order valence-electron chi connectivity index (χ0n) is 12.8. The van der Waals surface area contributed by atoms with Gasteiger partial charge >= 0.3 is 5.97 Å². The number of hydrogen-bond donors (Lipinski definition) is 0. The van der Waals surface area contributed by atoms with Crippen molar-refractivity contribution in [3.05, 3.63) is 25.3 Å². The van der Waals surface area contributed by atoms with E-state index in [2.05, 4.69) is 13.2 Å². The van der Waals surface area contributed by atoms with Gasteiger partial charge in [0.15, 0.2) is 0 Å². The van der Waals surface area contributed by atoms with Crippen molar-refractivity contribution in [1.29, 1.82) is 0 Å². The summed E-state index contributed by atoms with van der Waals surface area (Å²) in [6, 6.07) is 0. The normalized spacial score (nSPS) is 10.2. The Morgan fingerprint density at radius 2 is 1.55 bits per heavy atom. The molecule has 0 aliphatic rings. The Morgan fingerprint density at radius 1 is 0.850 bits per heavy atom. The molecule has 0 aliphatic heterocycles. The maximum atomic E-state index is 11.4. The van der Waals surface area contributed by atoms with Crippen LogP contribution < -0.4 is 0 Å². The molecule has 0 N–H and O–H groups in total. The predicted molar refractivity (Wildman–Crippen MR) is 83.7 cm³/mol. The van der Waals surface area contributed by atoms with Crippen LogP contribution in [0.2, 0.25) is 0 Å². The van der Waals surface area contributed by atoms with Crippen LogP contribution in [-0.4, -0.2) is 25.8 Å². The van der Waals surface area contributed by atoms with Gasteiger partial charge < -0.3 is 9.47 Å². The average molecular weight is 282 g/mol. The van der Waals surface area contributed by atoms with Crippen molar-refractivity contribution < 1.29 is 14.3 Å². The Labute approximate surface area is 124 Å². The summed E-state index contributed by atoms with van der Waals surface area (Å²) in [6.45, 7) is 8.90. The van der Waals surface area contributed by atoms with Gasteiger partial charge in [-0.2, -0.15) is 0 Å². The van der Waals surface area contributed by atoms with Crippen LogP contribution in [0, 0.1) is 0 Å². The van der Waals surface area contributed by atoms with Crippen LogP contribution in [0.5, 0.6) is 0 Å². The number of unbranched alkanes of at least 4 members (excludes halogenated alkanes) is 6. The van der Waals surface area contributed by atoms with E-state index in [1.54, 1.807) is 6.08 Å². The third-order valence-electron chi connectivity index (χ3n) is 2.97. The van der Waals surface area contributed by atoms with Gasteiger partial charge in [-0.05, 0) is 19.3 Å². The van der Waals surface area contributed by atoms with Gasteiger partial charge in [-0.3, -0.25) is 4.79 Å². The van der Waals surface area contributed by atoms with Crippen LogP contribution in [0.3, 0.4) is 0 Å². The third kappa shape index (κ3) is 15.0. The molecule has 0 rings (SSSR count). The van der Waals surface area contributed by atoms with Gasteiger partial charge in [0.25, 0.3) is 0 Å². The maximum absolute atomic E-state index is 11.4. The molecule has 116 valence electrons. The number of hydrogen-bond acceptors (Lipinski definition) is 3. The molecule has 3 nitrogen and oxygen atoms in total. The van der Waals surface area contributed by atoms with Gasteiger partial charge in [0.1, 0.15) is 0 Å². The topological polar surface area (TPSA) is 35.5 Å². The van der Waals surface area contributed by atoms with Crippen molar-refractivity contribution in [3.63, 3.8) is 0 Å². The molecule has 0 aliphatic carbocycles. The lowest BCUT2D eigenvalue weighted by atomic mass is 10.1. The van der Waals surface area contributed by atoms with Crippen LogP contribution in [0.1, 0.15) is 57.8 Å². The Morgan fingerprint density at radius 3 is 2.25 bits per heavy atom. The largest absolute Gasteiger partial charge is 0.466 e. The lowest BCUT2D eigenvalue weighted by Gasteiger charge is -2.05. The summed E-state index contributed by atoms with van der Waals surface area (Å²) >= 11 is 0. The molecule has 0 fully saturated rings. The van der Waals surface area contributed by atoms with E-state index in [-0.39, 0.29) is 5.97 Å². The summed E-state index contributed by atoms with van der Waals surface area (Å²) in [5.41, 5.74) is 0. The first-order valence-corrected chi connectivity index (χ1v) is 7.76. The van der Waals surface area contributed by atoms with Crippen molar-refractivity contribution in [2.75, 3.05) is 19.8 Å². The molecule has 0 unspecified atom stereocenters. The van der Waals surface area contributed by atoms with Gasteiger partial charge in [-0.15, -0.1) is 13.2 Å². The van der Waals surface area contributed by atoms with Crippen molar-refractivity contribution >= 4 is 5.97 Å². The first-order valence-electron chi connectivity index (χ1n) is 7.76. The second kappa shape index (κ2) is 16.0. The smallest absolute Gasteiger partial charge is 0.305 e. The molecule has 0 aromatic carbocycles. The zero-order valence-corrected chi connectivity index (χ0v) is 12.8. The third-order valence-corrected chi connectivity index (χ3v) is 2.97. The van der Waals surface area contributed by atoms with Crippen molar-refractivity contribution in [2.45, 2.75) is 57.8 Å². The summed E-state index contributed by atoms with van der Waals surface area (Å²) in [7, 11) is 0. The molecule has 0 saturated heterocycles. The molecule has 0 radical (unpaired) electrons. The minimum absolute atomic E-state index is 0.0830. The molecule has 0 aromatic rings. The number of carbonyl (C=O) groups is 1. The number of allylic oxidation sites excluding steroid dienone is 1. The van der Waals surface area contributed by atoms with Gasteiger partial charge in [0, 0.05) is 12.8 Å². The molecule has 3 heteroatoms. The summed E-state index contributed by atoms with van der Waals surface area (Å²) < 4.78 is 10.3. The highest BCUT2D eigenvalue weighted by atomic mass is 16.5. The van der Waals surface area contributed by atoms with Crippen LogP contribution in [0.25, 0.3) is 0 Å². The molecule has 0 atom stereocenters. The van der Waals surface area contributed by atoms with Gasteiger partial charge in [0.05, 0.1) is 19.8 Å². The fourth-order valence-electron chi connectivity index (χ4n) is 1.85. The van der Waals surface area contributed by atoms with Crippen molar-refractivity contribution in [1.82, 2.24) is 0 Å². The number of carbonyl (C=O) groups excluding carboxylic acids is 1. The van der Waals surface area contributed by atoms with Gasteiger partial charge in [-0.25, -0.2) is 0 Å². The fraction of sp³-hybridized carbons (Fsp3) is 0.706. The van der Waals surface area contributed by atoms with Crippen LogP contribution in [0.4, 0.5) is 0 Å². The summed E-state index contributed by atoms with van der Waals surface area (Å²) in [5.74, 6) is -0.0830. The summed E-state index contributed by atoms with van der Waals surface area (Å²) in [4.78, 5) is 11.4. The molecule has 0 spiro atoms. The van der Waals surface area contributed by atoms with E-state index >= 15 is 0 Å². The van der Waals surface area contributed by atoms with E-state index in [0.29, 0.717) is 26.2 Å². The highest BCUT2D eigenvalue weighted by molar-refractivity contribution is 5.69. The minimum atomic E-state index is -0.0830. The monoisotopic (exact) mass is 282 g/mol. The van der Waals surface area contributed by atoms with Crippen LogP contribution >= 0.6 is 0 Å². The second-order valence-corrected chi connectivity index (χ2v) is 4.89. The molecular formula is C17H30O3. The minimum Gasteiger partial charge on any atom is -0.466 e. The van der Waals surface area contributed by atoms with E-state index in [0.717, 1.165) is 25.7 Å². The highest BCUT2D eigenvalue weighted by Crippen LogP contribution is 2.09. The Balaban J connectivity index is 3.16. The molecule has 0 amide bonds. The lowest BCUT2D eigenvalue weighted by Crippen LogP contribution is -2.07. The standard InChI is InChI=1S/C17H30O3/c1-3-5-6-7-8-9-10-11-13-17(18)20-16-12-15-19-14-4-2/h3-4H,1-2,5-16H2. The summed E-state index contributed by atoms with van der Waals surface area (Å²) in [6.07, 6.45) is 13.1. The number of esters is 1. The predicted octanol–water partition coefficient (Wildman–Crippen LogP) is 4.43. The van der Waals surface area contributed by atoms with E-state index < -0.39 is 0 Å². The lowest BCUT2D eigenvalue weighted by molar-refractivity contribution is -0.144. The fourth-order valence-corrected chi connectivity index (χ4v) is 1.85. The summed E-state index contributed by atoms with van der Waals surface area (Å²) in [5, 5.41) is 0. The van der Waals surface area contributed by atoms with E-state index in [9.17, 15) is 4.79 Å². The van der Waals surface area contributed by atoms with Crippen molar-refractivity contribution in [3.8, 4) is 0 Å². The zero-order chi connectivity index (χ0) is 14.9.